The number of rotatable bonds is 2. The summed E-state index contributed by atoms with van der Waals surface area (Å²) in [5.41, 5.74) is 1.18. The number of hydrogen-bond acceptors (Lipinski definition) is 2. The fraction of sp³-hybridized carbons (Fsp3) is 0.400. The monoisotopic (exact) mass is 444 g/mol. The molecule has 2 aliphatic rings. The van der Waals surface area contributed by atoms with Crippen LogP contribution in [0.4, 0.5) is 17.6 Å². The molecular weight excluding hydrogens is 420 g/mol. The van der Waals surface area contributed by atoms with Gasteiger partial charge in [0.15, 0.2) is 5.60 Å². The van der Waals surface area contributed by atoms with E-state index in [0.717, 1.165) is 40.2 Å². The summed E-state index contributed by atoms with van der Waals surface area (Å²) in [7, 11) is 0. The van der Waals surface area contributed by atoms with E-state index in [1.54, 1.807) is 23.0 Å². The summed E-state index contributed by atoms with van der Waals surface area (Å²) in [5.74, 6) is -0.320. The van der Waals surface area contributed by atoms with E-state index in [1.165, 1.54) is 12.1 Å². The van der Waals surface area contributed by atoms with Gasteiger partial charge in [0.25, 0.3) is 0 Å². The topological polar surface area (TPSA) is 38.1 Å². The van der Waals surface area contributed by atoms with Gasteiger partial charge in [-0.05, 0) is 92.1 Å². The third-order valence-corrected chi connectivity index (χ3v) is 7.33. The summed E-state index contributed by atoms with van der Waals surface area (Å²) in [6, 6.07) is 10.2. The van der Waals surface area contributed by atoms with Gasteiger partial charge < -0.3 is 5.11 Å². The van der Waals surface area contributed by atoms with Crippen molar-refractivity contribution in [2.45, 2.75) is 62.6 Å². The number of benzene rings is 2. The third-order valence-electron chi connectivity index (χ3n) is 7.33. The first-order chi connectivity index (χ1) is 15.2. The van der Waals surface area contributed by atoms with Gasteiger partial charge in [0.1, 0.15) is 5.82 Å². The Kier molecular flexibility index (Phi) is 4.75. The number of alkyl halides is 3. The Morgan fingerprint density at radius 1 is 1.09 bits per heavy atom. The molecule has 0 bridgehead atoms. The average Bonchev–Trinajstić information content (AvgIpc) is 3.09. The predicted octanol–water partition coefficient (Wildman–Crippen LogP) is 6.16. The highest BCUT2D eigenvalue weighted by molar-refractivity contribution is 5.83. The SMILES string of the molecule is CCC12CCC(O)(C(F)(F)F)C=C1CCCc1cc3c(cnn3-c3ccc(F)cc3)cc12. The van der Waals surface area contributed by atoms with Crippen LogP contribution >= 0.6 is 0 Å². The molecule has 3 nitrogen and oxygen atoms in total. The highest BCUT2D eigenvalue weighted by Gasteiger charge is 2.56. The van der Waals surface area contributed by atoms with Crippen LogP contribution in [0.5, 0.6) is 0 Å². The zero-order valence-electron chi connectivity index (χ0n) is 17.7. The Bertz CT molecular complexity index is 1210. The van der Waals surface area contributed by atoms with Crippen LogP contribution in [0.15, 0.2) is 54.2 Å². The number of aryl methyl sites for hydroxylation is 1. The highest BCUT2D eigenvalue weighted by Crippen LogP contribution is 2.53. The lowest BCUT2D eigenvalue weighted by Crippen LogP contribution is -2.49. The molecule has 5 rings (SSSR count). The molecule has 1 N–H and O–H groups in total. The van der Waals surface area contributed by atoms with Crippen LogP contribution in [0.1, 0.15) is 50.2 Å². The maximum atomic E-state index is 13.6. The second-order valence-electron chi connectivity index (χ2n) is 8.98. The average molecular weight is 444 g/mol. The molecule has 2 aromatic carbocycles. The number of halogens is 4. The predicted molar refractivity (Wildman–Crippen MR) is 114 cm³/mol. The molecule has 0 saturated carbocycles. The molecule has 2 atom stereocenters. The molecular formula is C25H24F4N2O. The van der Waals surface area contributed by atoms with Crippen molar-refractivity contribution in [1.82, 2.24) is 9.78 Å². The molecule has 0 amide bonds. The van der Waals surface area contributed by atoms with E-state index < -0.39 is 17.2 Å². The van der Waals surface area contributed by atoms with E-state index in [1.807, 2.05) is 6.92 Å². The summed E-state index contributed by atoms with van der Waals surface area (Å²) in [5, 5.41) is 15.8. The molecule has 0 spiro atoms. The van der Waals surface area contributed by atoms with E-state index in [9.17, 15) is 22.7 Å². The van der Waals surface area contributed by atoms with Crippen molar-refractivity contribution in [3.05, 3.63) is 71.2 Å². The maximum Gasteiger partial charge on any atom is 0.420 e. The Hall–Kier alpha value is -2.67. The molecule has 0 aliphatic heterocycles. The quantitative estimate of drug-likeness (QED) is 0.380. The van der Waals surface area contributed by atoms with Gasteiger partial charge in [-0.25, -0.2) is 9.07 Å². The normalized spacial score (nSPS) is 25.8. The number of fused-ring (bicyclic) bond motifs is 4. The summed E-state index contributed by atoms with van der Waals surface area (Å²) < 4.78 is 55.9. The molecule has 2 aliphatic carbocycles. The van der Waals surface area contributed by atoms with Crippen molar-refractivity contribution < 1.29 is 22.7 Å². The van der Waals surface area contributed by atoms with E-state index in [-0.39, 0.29) is 18.7 Å². The van der Waals surface area contributed by atoms with E-state index >= 15 is 0 Å². The van der Waals surface area contributed by atoms with Gasteiger partial charge in [0.05, 0.1) is 17.4 Å². The van der Waals surface area contributed by atoms with Crippen LogP contribution in [-0.2, 0) is 11.8 Å². The smallest absolute Gasteiger partial charge is 0.377 e. The first kappa shape index (κ1) is 21.2. The minimum atomic E-state index is -4.69. The molecule has 7 heteroatoms. The zero-order chi connectivity index (χ0) is 22.7. The van der Waals surface area contributed by atoms with Crippen molar-refractivity contribution in [1.29, 1.82) is 0 Å². The summed E-state index contributed by atoms with van der Waals surface area (Å²) in [6.07, 6.45) is 0.699. The van der Waals surface area contributed by atoms with Crippen LogP contribution in [-0.4, -0.2) is 26.7 Å². The number of aliphatic hydroxyl groups is 1. The number of hydrogen-bond donors (Lipinski definition) is 1. The van der Waals surface area contributed by atoms with Crippen molar-refractivity contribution in [3.8, 4) is 5.69 Å². The van der Waals surface area contributed by atoms with Gasteiger partial charge in [-0.2, -0.15) is 18.3 Å². The number of aromatic nitrogens is 2. The Balaban J connectivity index is 1.67. The molecule has 0 saturated heterocycles. The van der Waals surface area contributed by atoms with E-state index in [4.69, 9.17) is 0 Å². The van der Waals surface area contributed by atoms with Crippen LogP contribution in [0.3, 0.4) is 0 Å². The molecule has 1 aromatic heterocycles. The summed E-state index contributed by atoms with van der Waals surface area (Å²) in [6.45, 7) is 2.01. The Labute approximate surface area is 183 Å². The van der Waals surface area contributed by atoms with E-state index in [0.29, 0.717) is 24.8 Å². The van der Waals surface area contributed by atoms with Gasteiger partial charge in [0, 0.05) is 10.8 Å². The Morgan fingerprint density at radius 3 is 2.53 bits per heavy atom. The molecule has 0 radical (unpaired) electrons. The van der Waals surface area contributed by atoms with Crippen LogP contribution in [0.25, 0.3) is 16.6 Å². The van der Waals surface area contributed by atoms with Crippen molar-refractivity contribution in [2.75, 3.05) is 0 Å². The molecule has 3 aromatic rings. The van der Waals surface area contributed by atoms with Gasteiger partial charge in [0.2, 0.25) is 0 Å². The maximum absolute atomic E-state index is 13.6. The van der Waals surface area contributed by atoms with Crippen LogP contribution in [0, 0.1) is 5.82 Å². The first-order valence-electron chi connectivity index (χ1n) is 11.0. The number of nitrogens with zero attached hydrogens (tertiary/aromatic N) is 2. The van der Waals surface area contributed by atoms with E-state index in [2.05, 4.69) is 17.2 Å². The Morgan fingerprint density at radius 2 is 1.84 bits per heavy atom. The second kappa shape index (κ2) is 7.17. The highest BCUT2D eigenvalue weighted by atomic mass is 19.4. The van der Waals surface area contributed by atoms with Gasteiger partial charge >= 0.3 is 6.18 Å². The lowest BCUT2D eigenvalue weighted by molar-refractivity contribution is -0.245. The van der Waals surface area contributed by atoms with Gasteiger partial charge in [-0.15, -0.1) is 0 Å². The molecule has 32 heavy (non-hydrogen) atoms. The van der Waals surface area contributed by atoms with Crippen molar-refractivity contribution in [2.24, 2.45) is 0 Å². The zero-order valence-corrected chi connectivity index (χ0v) is 17.7. The molecule has 168 valence electrons. The standard InChI is InChI=1S/C25H24F4N2O/c1-2-23-10-11-24(32,25(27,28)29)14-18(23)5-3-4-16-13-22-17(12-21(16)23)15-30-31(22)20-8-6-19(26)7-9-20/h6-9,12-15,32H,2-5,10-11H2,1H3. The number of allylic oxidation sites excluding steroid dienone is 1. The van der Waals surface area contributed by atoms with Crippen molar-refractivity contribution in [3.63, 3.8) is 0 Å². The minimum absolute atomic E-state index is 0.246. The third kappa shape index (κ3) is 3.09. The van der Waals surface area contributed by atoms with Crippen molar-refractivity contribution >= 4 is 10.9 Å². The lowest BCUT2D eigenvalue weighted by Gasteiger charge is -2.44. The van der Waals surface area contributed by atoms with Crippen LogP contribution in [0.2, 0.25) is 0 Å². The molecule has 0 fully saturated rings. The van der Waals surface area contributed by atoms with Gasteiger partial charge in [-0.1, -0.05) is 12.5 Å². The molecule has 2 unspecified atom stereocenters. The summed E-state index contributed by atoms with van der Waals surface area (Å²) >= 11 is 0. The van der Waals surface area contributed by atoms with Crippen LogP contribution < -0.4 is 0 Å². The fourth-order valence-electron chi connectivity index (χ4n) is 5.53. The second-order valence-corrected chi connectivity index (χ2v) is 8.98. The van der Waals surface area contributed by atoms with Gasteiger partial charge in [-0.3, -0.25) is 0 Å². The fourth-order valence-corrected chi connectivity index (χ4v) is 5.53. The lowest BCUT2D eigenvalue weighted by atomic mass is 9.62. The largest absolute Gasteiger partial charge is 0.420 e. The first-order valence-corrected chi connectivity index (χ1v) is 11.0. The molecule has 1 heterocycles. The minimum Gasteiger partial charge on any atom is -0.377 e. The summed E-state index contributed by atoms with van der Waals surface area (Å²) in [4.78, 5) is 0.